The monoisotopic (exact) mass is 466 g/mol. The molecule has 1 N–H and O–H groups in total. The molecule has 0 aliphatic rings. The standard InChI is InChI=1S/C25H24Cl2N4O/c1-16-11-22-23(12-17(16)2)31(15-25(32)29-10-8-19-5-3-4-9-28-19)24(30-22)14-18-6-7-20(26)21(27)13-18/h3-7,9,11-13H,8,10,14-15H2,1-2H3,(H,29,32). The number of hydrogen-bond donors (Lipinski definition) is 1. The molecular weight excluding hydrogens is 443 g/mol. The minimum atomic E-state index is -0.0613. The zero-order valence-corrected chi connectivity index (χ0v) is 19.5. The summed E-state index contributed by atoms with van der Waals surface area (Å²) in [6.07, 6.45) is 2.99. The third-order valence-electron chi connectivity index (χ3n) is 5.52. The van der Waals surface area contributed by atoms with Crippen LogP contribution in [0.2, 0.25) is 10.0 Å². The summed E-state index contributed by atoms with van der Waals surface area (Å²) in [6, 6.07) is 15.5. The Kier molecular flexibility index (Phi) is 6.77. The molecule has 0 saturated carbocycles. The quantitative estimate of drug-likeness (QED) is 0.401. The van der Waals surface area contributed by atoms with Gasteiger partial charge in [-0.2, -0.15) is 0 Å². The Labute approximate surface area is 197 Å². The van der Waals surface area contributed by atoms with Crippen molar-refractivity contribution in [1.29, 1.82) is 0 Å². The van der Waals surface area contributed by atoms with Crippen molar-refractivity contribution in [2.45, 2.75) is 33.2 Å². The molecule has 0 bridgehead atoms. The number of carbonyl (C=O) groups excluding carboxylic acids is 1. The molecule has 7 heteroatoms. The Bertz CT molecular complexity index is 1270. The fourth-order valence-electron chi connectivity index (χ4n) is 3.65. The molecule has 0 aliphatic carbocycles. The Morgan fingerprint density at radius 1 is 1.03 bits per heavy atom. The molecule has 4 rings (SSSR count). The minimum Gasteiger partial charge on any atom is -0.354 e. The van der Waals surface area contributed by atoms with Crippen LogP contribution in [0.4, 0.5) is 0 Å². The van der Waals surface area contributed by atoms with Gasteiger partial charge in [0.15, 0.2) is 0 Å². The van der Waals surface area contributed by atoms with E-state index in [0.29, 0.717) is 29.4 Å². The number of aryl methyl sites for hydroxylation is 2. The summed E-state index contributed by atoms with van der Waals surface area (Å²) in [7, 11) is 0. The van der Waals surface area contributed by atoms with E-state index in [0.717, 1.165) is 33.7 Å². The first-order valence-electron chi connectivity index (χ1n) is 10.5. The third kappa shape index (κ3) is 5.12. The molecule has 0 radical (unpaired) electrons. The highest BCUT2D eigenvalue weighted by molar-refractivity contribution is 6.42. The van der Waals surface area contributed by atoms with E-state index in [2.05, 4.69) is 36.3 Å². The summed E-state index contributed by atoms with van der Waals surface area (Å²) in [5.41, 5.74) is 6.10. The lowest BCUT2D eigenvalue weighted by atomic mass is 10.1. The number of fused-ring (bicyclic) bond motifs is 1. The Morgan fingerprint density at radius 3 is 2.59 bits per heavy atom. The molecule has 32 heavy (non-hydrogen) atoms. The van der Waals surface area contributed by atoms with Crippen LogP contribution in [-0.4, -0.2) is 27.0 Å². The molecule has 4 aromatic rings. The maximum Gasteiger partial charge on any atom is 0.240 e. The number of nitrogens with one attached hydrogen (secondary N) is 1. The van der Waals surface area contributed by atoms with Crippen LogP contribution in [-0.2, 0) is 24.2 Å². The number of carbonyl (C=O) groups is 1. The molecular formula is C25H24Cl2N4O. The molecule has 0 aliphatic heterocycles. The molecule has 1 amide bonds. The van der Waals surface area contributed by atoms with Crippen molar-refractivity contribution in [3.05, 3.63) is 93.0 Å². The van der Waals surface area contributed by atoms with Gasteiger partial charge >= 0.3 is 0 Å². The molecule has 2 aromatic heterocycles. The first kappa shape index (κ1) is 22.3. The van der Waals surface area contributed by atoms with Crippen LogP contribution < -0.4 is 5.32 Å². The smallest absolute Gasteiger partial charge is 0.240 e. The number of rotatable bonds is 7. The van der Waals surface area contributed by atoms with Gasteiger partial charge in [0.1, 0.15) is 12.4 Å². The van der Waals surface area contributed by atoms with Crippen LogP contribution in [0.3, 0.4) is 0 Å². The summed E-state index contributed by atoms with van der Waals surface area (Å²) in [4.78, 5) is 21.9. The summed E-state index contributed by atoms with van der Waals surface area (Å²) in [5, 5.41) is 4.02. The predicted octanol–water partition coefficient (Wildman–Crippen LogP) is 5.30. The second-order valence-electron chi connectivity index (χ2n) is 7.89. The normalized spacial score (nSPS) is 11.1. The van der Waals surface area contributed by atoms with Crippen molar-refractivity contribution in [3.63, 3.8) is 0 Å². The van der Waals surface area contributed by atoms with E-state index in [4.69, 9.17) is 28.2 Å². The first-order valence-corrected chi connectivity index (χ1v) is 11.2. The van der Waals surface area contributed by atoms with E-state index in [-0.39, 0.29) is 12.5 Å². The molecule has 0 atom stereocenters. The van der Waals surface area contributed by atoms with Gasteiger partial charge in [-0.25, -0.2) is 4.98 Å². The van der Waals surface area contributed by atoms with Crippen LogP contribution in [0.5, 0.6) is 0 Å². The Hall–Kier alpha value is -2.89. The maximum absolute atomic E-state index is 12.8. The molecule has 5 nitrogen and oxygen atoms in total. The third-order valence-corrected chi connectivity index (χ3v) is 6.26. The van der Waals surface area contributed by atoms with Gasteiger partial charge in [-0.15, -0.1) is 0 Å². The molecule has 0 spiro atoms. The van der Waals surface area contributed by atoms with Crippen molar-refractivity contribution in [2.75, 3.05) is 6.54 Å². The van der Waals surface area contributed by atoms with Crippen molar-refractivity contribution < 1.29 is 4.79 Å². The Balaban J connectivity index is 1.57. The number of benzene rings is 2. The van der Waals surface area contributed by atoms with Crippen molar-refractivity contribution in [1.82, 2.24) is 19.9 Å². The average Bonchev–Trinajstić information content (AvgIpc) is 3.07. The molecule has 0 fully saturated rings. The van der Waals surface area contributed by atoms with E-state index in [9.17, 15) is 4.79 Å². The summed E-state index contributed by atoms with van der Waals surface area (Å²) >= 11 is 12.3. The van der Waals surface area contributed by atoms with E-state index < -0.39 is 0 Å². The second kappa shape index (κ2) is 9.72. The average molecular weight is 467 g/mol. The Morgan fingerprint density at radius 2 is 1.84 bits per heavy atom. The van der Waals surface area contributed by atoms with Gasteiger partial charge < -0.3 is 9.88 Å². The van der Waals surface area contributed by atoms with Gasteiger partial charge in [-0.3, -0.25) is 9.78 Å². The van der Waals surface area contributed by atoms with Crippen molar-refractivity contribution in [2.24, 2.45) is 0 Å². The van der Waals surface area contributed by atoms with Crippen LogP contribution in [0.25, 0.3) is 11.0 Å². The number of imidazole rings is 1. The van der Waals surface area contributed by atoms with Crippen LogP contribution in [0.1, 0.15) is 28.2 Å². The summed E-state index contributed by atoms with van der Waals surface area (Å²) in [6.45, 7) is 4.86. The highest BCUT2D eigenvalue weighted by Gasteiger charge is 2.16. The SMILES string of the molecule is Cc1cc2nc(Cc3ccc(Cl)c(Cl)c3)n(CC(=O)NCCc3ccccn3)c2cc1C. The molecule has 0 unspecified atom stereocenters. The number of aromatic nitrogens is 3. The fraction of sp³-hybridized carbons (Fsp3) is 0.240. The lowest BCUT2D eigenvalue weighted by molar-refractivity contribution is -0.121. The second-order valence-corrected chi connectivity index (χ2v) is 8.70. The number of hydrogen-bond acceptors (Lipinski definition) is 3. The lowest BCUT2D eigenvalue weighted by Gasteiger charge is -2.11. The van der Waals surface area contributed by atoms with E-state index >= 15 is 0 Å². The topological polar surface area (TPSA) is 59.8 Å². The van der Waals surface area contributed by atoms with Crippen LogP contribution in [0, 0.1) is 13.8 Å². The van der Waals surface area contributed by atoms with E-state index in [1.165, 1.54) is 5.56 Å². The first-order chi connectivity index (χ1) is 15.4. The zero-order chi connectivity index (χ0) is 22.7. The highest BCUT2D eigenvalue weighted by atomic mass is 35.5. The summed E-state index contributed by atoms with van der Waals surface area (Å²) in [5.74, 6) is 0.747. The van der Waals surface area contributed by atoms with Gasteiger partial charge in [0.25, 0.3) is 0 Å². The largest absolute Gasteiger partial charge is 0.354 e. The lowest BCUT2D eigenvalue weighted by Crippen LogP contribution is -2.30. The van der Waals surface area contributed by atoms with Gasteiger partial charge in [0.05, 0.1) is 21.1 Å². The van der Waals surface area contributed by atoms with Crippen molar-refractivity contribution >= 4 is 40.1 Å². The van der Waals surface area contributed by atoms with E-state index in [1.54, 1.807) is 12.3 Å². The molecule has 2 heterocycles. The van der Waals surface area contributed by atoms with Crippen LogP contribution in [0.15, 0.2) is 54.7 Å². The van der Waals surface area contributed by atoms with Gasteiger partial charge in [0, 0.05) is 31.3 Å². The number of pyridine rings is 1. The van der Waals surface area contributed by atoms with Crippen LogP contribution >= 0.6 is 23.2 Å². The van der Waals surface area contributed by atoms with Gasteiger partial charge in [-0.1, -0.05) is 35.3 Å². The van der Waals surface area contributed by atoms with Gasteiger partial charge in [0.2, 0.25) is 5.91 Å². The zero-order valence-electron chi connectivity index (χ0n) is 18.0. The summed E-state index contributed by atoms with van der Waals surface area (Å²) < 4.78 is 1.99. The van der Waals surface area contributed by atoms with E-state index in [1.807, 2.05) is 34.9 Å². The molecule has 2 aromatic carbocycles. The maximum atomic E-state index is 12.8. The fourth-order valence-corrected chi connectivity index (χ4v) is 3.97. The number of nitrogens with zero attached hydrogens (tertiary/aromatic N) is 3. The van der Waals surface area contributed by atoms with Gasteiger partial charge in [-0.05, 0) is 66.9 Å². The molecule has 0 saturated heterocycles. The predicted molar refractivity (Wildman–Crippen MR) is 129 cm³/mol. The number of halogens is 2. The highest BCUT2D eigenvalue weighted by Crippen LogP contribution is 2.26. The van der Waals surface area contributed by atoms with Crippen molar-refractivity contribution in [3.8, 4) is 0 Å². The minimum absolute atomic E-state index is 0.0613. The number of amides is 1. The molecule has 164 valence electrons.